The van der Waals surface area contributed by atoms with Gasteiger partial charge in [0.15, 0.2) is 0 Å². The Morgan fingerprint density at radius 1 is 1.25 bits per heavy atom. The number of urea groups is 1. The quantitative estimate of drug-likeness (QED) is 0.891. The summed E-state index contributed by atoms with van der Waals surface area (Å²) in [6, 6.07) is 8.39. The third-order valence-electron chi connectivity index (χ3n) is 3.91. The van der Waals surface area contributed by atoms with Crippen LogP contribution in [0.2, 0.25) is 0 Å². The van der Waals surface area contributed by atoms with Gasteiger partial charge in [0.2, 0.25) is 0 Å². The molecule has 2 amide bonds. The van der Waals surface area contributed by atoms with E-state index in [1.165, 1.54) is 5.56 Å². The van der Waals surface area contributed by atoms with E-state index in [1.54, 1.807) is 4.90 Å². The van der Waals surface area contributed by atoms with Crippen molar-refractivity contribution in [2.24, 2.45) is 0 Å². The number of hydrogen-bond acceptors (Lipinski definition) is 2. The number of benzene rings is 1. The van der Waals surface area contributed by atoms with Crippen molar-refractivity contribution in [1.29, 1.82) is 0 Å². The minimum absolute atomic E-state index is 0.0352. The Morgan fingerprint density at radius 2 is 1.85 bits per heavy atom. The summed E-state index contributed by atoms with van der Waals surface area (Å²) < 4.78 is 0. The highest BCUT2D eigenvalue weighted by molar-refractivity contribution is 5.74. The second-order valence-electron chi connectivity index (χ2n) is 5.80. The Balaban J connectivity index is 1.81. The Hall–Kier alpha value is -1.55. The van der Waals surface area contributed by atoms with Gasteiger partial charge < -0.3 is 15.3 Å². The van der Waals surface area contributed by atoms with Crippen LogP contribution in [-0.4, -0.2) is 35.2 Å². The molecule has 20 heavy (non-hydrogen) atoms. The predicted octanol–water partition coefficient (Wildman–Crippen LogP) is 2.44. The number of amides is 2. The molecule has 1 aromatic carbocycles. The SMILES string of the molecule is Cc1ccc(CN(C)C(=O)NC2CCC(O)CC2)cc1. The van der Waals surface area contributed by atoms with E-state index in [2.05, 4.69) is 36.5 Å². The van der Waals surface area contributed by atoms with E-state index >= 15 is 0 Å². The van der Waals surface area contributed by atoms with Gasteiger partial charge in [0.25, 0.3) is 0 Å². The second-order valence-corrected chi connectivity index (χ2v) is 5.80. The number of nitrogens with zero attached hydrogens (tertiary/aromatic N) is 1. The van der Waals surface area contributed by atoms with Crippen LogP contribution >= 0.6 is 0 Å². The fourth-order valence-electron chi connectivity index (χ4n) is 2.54. The zero-order valence-electron chi connectivity index (χ0n) is 12.3. The maximum Gasteiger partial charge on any atom is 0.317 e. The zero-order chi connectivity index (χ0) is 14.5. The first kappa shape index (κ1) is 14.9. The molecular weight excluding hydrogens is 252 g/mol. The first-order chi connectivity index (χ1) is 9.54. The highest BCUT2D eigenvalue weighted by atomic mass is 16.3. The second kappa shape index (κ2) is 6.75. The van der Waals surface area contributed by atoms with Crippen LogP contribution in [0.25, 0.3) is 0 Å². The van der Waals surface area contributed by atoms with E-state index in [-0.39, 0.29) is 18.2 Å². The molecule has 2 rings (SSSR count). The van der Waals surface area contributed by atoms with E-state index in [4.69, 9.17) is 0 Å². The first-order valence-corrected chi connectivity index (χ1v) is 7.30. The molecule has 0 saturated heterocycles. The normalized spacial score (nSPS) is 22.4. The molecule has 0 aliphatic heterocycles. The summed E-state index contributed by atoms with van der Waals surface area (Å²) >= 11 is 0. The van der Waals surface area contributed by atoms with Crippen molar-refractivity contribution in [2.45, 2.75) is 51.3 Å². The lowest BCUT2D eigenvalue weighted by Crippen LogP contribution is -2.44. The van der Waals surface area contributed by atoms with Gasteiger partial charge in [-0.2, -0.15) is 0 Å². The third kappa shape index (κ3) is 4.23. The summed E-state index contributed by atoms with van der Waals surface area (Å²) in [5.41, 5.74) is 2.36. The number of nitrogens with one attached hydrogen (secondary N) is 1. The number of aliphatic hydroxyl groups is 1. The molecule has 1 aromatic rings. The third-order valence-corrected chi connectivity index (χ3v) is 3.91. The van der Waals surface area contributed by atoms with E-state index in [1.807, 2.05) is 7.05 Å². The molecule has 0 spiro atoms. The van der Waals surface area contributed by atoms with Gasteiger partial charge in [-0.1, -0.05) is 29.8 Å². The monoisotopic (exact) mass is 276 g/mol. The molecule has 110 valence electrons. The van der Waals surface area contributed by atoms with Crippen LogP contribution in [0.4, 0.5) is 4.79 Å². The largest absolute Gasteiger partial charge is 0.393 e. The predicted molar refractivity (Wildman–Crippen MR) is 79.4 cm³/mol. The molecule has 4 nitrogen and oxygen atoms in total. The fourth-order valence-corrected chi connectivity index (χ4v) is 2.54. The Kier molecular flexibility index (Phi) is 5.01. The molecular formula is C16H24N2O2. The maximum atomic E-state index is 12.1. The number of aryl methyl sites for hydroxylation is 1. The Labute approximate surface area is 120 Å². The van der Waals surface area contributed by atoms with Crippen LogP contribution in [0, 0.1) is 6.92 Å². The van der Waals surface area contributed by atoms with Crippen molar-refractivity contribution in [2.75, 3.05) is 7.05 Å². The number of carbonyl (C=O) groups excluding carboxylic acids is 1. The molecule has 1 saturated carbocycles. The number of carbonyl (C=O) groups is 1. The maximum absolute atomic E-state index is 12.1. The van der Waals surface area contributed by atoms with Crippen molar-refractivity contribution in [3.63, 3.8) is 0 Å². The molecule has 0 aromatic heterocycles. The minimum atomic E-state index is -0.187. The van der Waals surface area contributed by atoms with Crippen LogP contribution < -0.4 is 5.32 Å². The van der Waals surface area contributed by atoms with Crippen LogP contribution in [0.1, 0.15) is 36.8 Å². The number of aliphatic hydroxyl groups excluding tert-OH is 1. The summed E-state index contributed by atoms with van der Waals surface area (Å²) in [6.07, 6.45) is 3.11. The molecule has 0 atom stereocenters. The summed E-state index contributed by atoms with van der Waals surface area (Å²) in [6.45, 7) is 2.67. The molecule has 0 bridgehead atoms. The van der Waals surface area contributed by atoms with Crippen molar-refractivity contribution < 1.29 is 9.90 Å². The van der Waals surface area contributed by atoms with Gasteiger partial charge >= 0.3 is 6.03 Å². The Bertz CT molecular complexity index is 436. The average molecular weight is 276 g/mol. The molecule has 1 fully saturated rings. The van der Waals surface area contributed by atoms with Crippen LogP contribution in [0.3, 0.4) is 0 Å². The lowest BCUT2D eigenvalue weighted by atomic mass is 9.93. The van der Waals surface area contributed by atoms with Crippen molar-refractivity contribution in [3.05, 3.63) is 35.4 Å². The number of hydrogen-bond donors (Lipinski definition) is 2. The number of rotatable bonds is 3. The zero-order valence-corrected chi connectivity index (χ0v) is 12.3. The van der Waals surface area contributed by atoms with Gasteiger partial charge in [-0.25, -0.2) is 4.79 Å². The molecule has 4 heteroatoms. The van der Waals surface area contributed by atoms with Crippen molar-refractivity contribution >= 4 is 6.03 Å². The minimum Gasteiger partial charge on any atom is -0.393 e. The Morgan fingerprint density at radius 3 is 2.45 bits per heavy atom. The van der Waals surface area contributed by atoms with Gasteiger partial charge in [-0.15, -0.1) is 0 Å². The lowest BCUT2D eigenvalue weighted by molar-refractivity contribution is 0.115. The molecule has 2 N–H and O–H groups in total. The molecule has 1 aliphatic rings. The van der Waals surface area contributed by atoms with E-state index in [0.717, 1.165) is 31.2 Å². The topological polar surface area (TPSA) is 52.6 Å². The molecule has 0 unspecified atom stereocenters. The first-order valence-electron chi connectivity index (χ1n) is 7.30. The molecule has 0 radical (unpaired) electrons. The van der Waals surface area contributed by atoms with Gasteiger partial charge in [-0.3, -0.25) is 0 Å². The lowest BCUT2D eigenvalue weighted by Gasteiger charge is -2.28. The summed E-state index contributed by atoms with van der Waals surface area (Å²) in [5.74, 6) is 0. The van der Waals surface area contributed by atoms with Gasteiger partial charge in [0.1, 0.15) is 0 Å². The molecule has 1 aliphatic carbocycles. The van der Waals surface area contributed by atoms with Gasteiger partial charge in [-0.05, 0) is 38.2 Å². The highest BCUT2D eigenvalue weighted by Crippen LogP contribution is 2.18. The van der Waals surface area contributed by atoms with Crippen molar-refractivity contribution in [3.8, 4) is 0 Å². The van der Waals surface area contributed by atoms with Crippen LogP contribution in [0.15, 0.2) is 24.3 Å². The van der Waals surface area contributed by atoms with Crippen LogP contribution in [0.5, 0.6) is 0 Å². The average Bonchev–Trinajstić information content (AvgIpc) is 2.44. The summed E-state index contributed by atoms with van der Waals surface area (Å²) in [4.78, 5) is 13.8. The van der Waals surface area contributed by atoms with Crippen molar-refractivity contribution in [1.82, 2.24) is 10.2 Å². The smallest absolute Gasteiger partial charge is 0.317 e. The van der Waals surface area contributed by atoms with E-state index < -0.39 is 0 Å². The highest BCUT2D eigenvalue weighted by Gasteiger charge is 2.21. The van der Waals surface area contributed by atoms with Gasteiger partial charge in [0.05, 0.1) is 6.10 Å². The van der Waals surface area contributed by atoms with Gasteiger partial charge in [0, 0.05) is 19.6 Å². The van der Waals surface area contributed by atoms with E-state index in [9.17, 15) is 9.90 Å². The van der Waals surface area contributed by atoms with E-state index in [0.29, 0.717) is 6.54 Å². The summed E-state index contributed by atoms with van der Waals surface area (Å²) in [5, 5.41) is 12.5. The molecule has 0 heterocycles. The standard InChI is InChI=1S/C16H24N2O2/c1-12-3-5-13(6-4-12)11-18(2)16(20)17-14-7-9-15(19)10-8-14/h3-6,14-15,19H,7-11H2,1-2H3,(H,17,20). The summed E-state index contributed by atoms with van der Waals surface area (Å²) in [7, 11) is 1.81. The van der Waals surface area contributed by atoms with Crippen LogP contribution in [-0.2, 0) is 6.54 Å². The fraction of sp³-hybridized carbons (Fsp3) is 0.562.